The van der Waals surface area contributed by atoms with E-state index in [0.717, 1.165) is 0 Å². The number of rotatable bonds is 1. The molecule has 82 valence electrons. The molecule has 2 saturated heterocycles. The van der Waals surface area contributed by atoms with Crippen LogP contribution in [0.1, 0.15) is 0 Å². The molecule has 1 amide bonds. The third-order valence-electron chi connectivity index (χ3n) is 3.20. The van der Waals surface area contributed by atoms with E-state index in [1.165, 1.54) is 4.90 Å². The molecule has 2 rings (SSSR count). The molecule has 2 fully saturated rings. The van der Waals surface area contributed by atoms with Crippen molar-refractivity contribution in [3.05, 3.63) is 0 Å². The molecule has 6 nitrogen and oxygen atoms in total. The number of piperazine rings is 1. The Kier molecular flexibility index (Phi) is 2.50. The Morgan fingerprint density at radius 1 is 1.33 bits per heavy atom. The SMILES string of the molecule is N#CC1(N2CCN(C(=O)O)CC2)CNC1. The summed E-state index contributed by atoms with van der Waals surface area (Å²) in [5.74, 6) is 0. The summed E-state index contributed by atoms with van der Waals surface area (Å²) in [5, 5.41) is 21.0. The first-order valence-corrected chi connectivity index (χ1v) is 5.03. The van der Waals surface area contributed by atoms with E-state index in [1.807, 2.05) is 0 Å². The molecule has 2 N–H and O–H groups in total. The molecule has 0 radical (unpaired) electrons. The van der Waals surface area contributed by atoms with Gasteiger partial charge in [0.2, 0.25) is 0 Å². The predicted octanol–water partition coefficient (Wildman–Crippen LogP) is -0.852. The number of hydrogen-bond donors (Lipinski definition) is 2. The summed E-state index contributed by atoms with van der Waals surface area (Å²) >= 11 is 0. The Labute approximate surface area is 88.1 Å². The van der Waals surface area contributed by atoms with Crippen LogP contribution in [-0.4, -0.2) is 65.8 Å². The van der Waals surface area contributed by atoms with Crippen LogP contribution in [0.15, 0.2) is 0 Å². The van der Waals surface area contributed by atoms with Crippen LogP contribution in [0.4, 0.5) is 4.79 Å². The van der Waals surface area contributed by atoms with E-state index >= 15 is 0 Å². The summed E-state index contributed by atoms with van der Waals surface area (Å²) in [6.45, 7) is 3.69. The lowest BCUT2D eigenvalue weighted by Gasteiger charge is -2.48. The van der Waals surface area contributed by atoms with Gasteiger partial charge in [0.15, 0.2) is 0 Å². The zero-order chi connectivity index (χ0) is 10.9. The van der Waals surface area contributed by atoms with Crippen LogP contribution in [0.5, 0.6) is 0 Å². The molecule has 6 heteroatoms. The van der Waals surface area contributed by atoms with Crippen molar-refractivity contribution in [2.45, 2.75) is 5.54 Å². The molecule has 0 spiro atoms. The van der Waals surface area contributed by atoms with Crippen molar-refractivity contribution in [3.63, 3.8) is 0 Å². The van der Waals surface area contributed by atoms with Crippen molar-refractivity contribution < 1.29 is 9.90 Å². The minimum atomic E-state index is -0.868. The van der Waals surface area contributed by atoms with E-state index in [1.54, 1.807) is 0 Å². The van der Waals surface area contributed by atoms with Crippen LogP contribution in [0.3, 0.4) is 0 Å². The van der Waals surface area contributed by atoms with Gasteiger partial charge in [0, 0.05) is 39.3 Å². The van der Waals surface area contributed by atoms with Gasteiger partial charge in [-0.3, -0.25) is 4.90 Å². The Bertz CT molecular complexity index is 300. The number of carboxylic acid groups (broad SMARTS) is 1. The first kappa shape index (κ1) is 10.2. The molecule has 0 saturated carbocycles. The van der Waals surface area contributed by atoms with Gasteiger partial charge in [0.25, 0.3) is 0 Å². The zero-order valence-corrected chi connectivity index (χ0v) is 8.44. The van der Waals surface area contributed by atoms with Gasteiger partial charge >= 0.3 is 6.09 Å². The maximum Gasteiger partial charge on any atom is 0.407 e. The number of nitriles is 1. The number of nitrogens with zero attached hydrogens (tertiary/aromatic N) is 3. The lowest BCUT2D eigenvalue weighted by atomic mass is 9.91. The summed E-state index contributed by atoms with van der Waals surface area (Å²) in [6, 6.07) is 2.33. The van der Waals surface area contributed by atoms with Crippen molar-refractivity contribution in [2.24, 2.45) is 0 Å². The van der Waals surface area contributed by atoms with Crippen molar-refractivity contribution in [2.75, 3.05) is 39.3 Å². The molecule has 0 aromatic heterocycles. The quantitative estimate of drug-likeness (QED) is 0.589. The van der Waals surface area contributed by atoms with Crippen molar-refractivity contribution in [1.29, 1.82) is 5.26 Å². The second-order valence-electron chi connectivity index (χ2n) is 4.00. The first-order chi connectivity index (χ1) is 7.18. The third kappa shape index (κ3) is 1.64. The zero-order valence-electron chi connectivity index (χ0n) is 8.44. The molecule has 2 aliphatic rings. The van der Waals surface area contributed by atoms with Crippen LogP contribution in [0.25, 0.3) is 0 Å². The van der Waals surface area contributed by atoms with Crippen LogP contribution in [-0.2, 0) is 0 Å². The lowest BCUT2D eigenvalue weighted by molar-refractivity contribution is 0.0348. The molecule has 0 bridgehead atoms. The maximum atomic E-state index is 10.7. The Hall–Kier alpha value is -1.32. The van der Waals surface area contributed by atoms with Crippen LogP contribution in [0, 0.1) is 11.3 Å². The Balaban J connectivity index is 1.94. The van der Waals surface area contributed by atoms with E-state index in [9.17, 15) is 4.79 Å². The number of amides is 1. The number of nitrogens with one attached hydrogen (secondary N) is 1. The van der Waals surface area contributed by atoms with Gasteiger partial charge in [-0.25, -0.2) is 4.79 Å². The molecule has 0 aromatic rings. The molecule has 0 unspecified atom stereocenters. The minimum absolute atomic E-state index is 0.384. The van der Waals surface area contributed by atoms with E-state index in [4.69, 9.17) is 10.4 Å². The molecular weight excluding hydrogens is 196 g/mol. The monoisotopic (exact) mass is 210 g/mol. The summed E-state index contributed by atoms with van der Waals surface area (Å²) in [5.41, 5.74) is -0.384. The Morgan fingerprint density at radius 2 is 1.93 bits per heavy atom. The lowest BCUT2D eigenvalue weighted by Crippen LogP contribution is -2.71. The van der Waals surface area contributed by atoms with Gasteiger partial charge in [0.05, 0.1) is 6.07 Å². The molecular formula is C9H14N4O2. The van der Waals surface area contributed by atoms with E-state index in [0.29, 0.717) is 39.3 Å². The van der Waals surface area contributed by atoms with Gasteiger partial charge in [-0.15, -0.1) is 0 Å². The highest BCUT2D eigenvalue weighted by Gasteiger charge is 2.44. The maximum absolute atomic E-state index is 10.7. The van der Waals surface area contributed by atoms with Gasteiger partial charge in [-0.1, -0.05) is 0 Å². The van der Waals surface area contributed by atoms with Crippen molar-refractivity contribution in [1.82, 2.24) is 15.1 Å². The molecule has 15 heavy (non-hydrogen) atoms. The standard InChI is InChI=1S/C9H14N4O2/c10-5-9(6-11-7-9)13-3-1-12(2-4-13)8(14)15/h11H,1-4,6-7H2,(H,14,15). The second-order valence-corrected chi connectivity index (χ2v) is 4.00. The number of carbonyl (C=O) groups is 1. The fourth-order valence-electron chi connectivity index (χ4n) is 2.06. The molecule has 0 atom stereocenters. The average molecular weight is 210 g/mol. The topological polar surface area (TPSA) is 79.6 Å². The van der Waals surface area contributed by atoms with Crippen LogP contribution in [0.2, 0.25) is 0 Å². The van der Waals surface area contributed by atoms with E-state index in [-0.39, 0.29) is 5.54 Å². The highest BCUT2D eigenvalue weighted by Crippen LogP contribution is 2.21. The normalized spacial score (nSPS) is 25.4. The summed E-state index contributed by atoms with van der Waals surface area (Å²) in [4.78, 5) is 14.2. The van der Waals surface area contributed by atoms with Gasteiger partial charge in [0.1, 0.15) is 5.54 Å². The van der Waals surface area contributed by atoms with Gasteiger partial charge in [-0.2, -0.15) is 5.26 Å². The van der Waals surface area contributed by atoms with Gasteiger partial charge in [-0.05, 0) is 0 Å². The first-order valence-electron chi connectivity index (χ1n) is 5.03. The average Bonchev–Trinajstić information content (AvgIpc) is 2.18. The molecule has 2 heterocycles. The fourth-order valence-corrected chi connectivity index (χ4v) is 2.06. The number of hydrogen-bond acceptors (Lipinski definition) is 4. The summed E-state index contributed by atoms with van der Waals surface area (Å²) in [7, 11) is 0. The molecule has 0 aromatic carbocycles. The third-order valence-corrected chi connectivity index (χ3v) is 3.20. The second kappa shape index (κ2) is 3.68. The smallest absolute Gasteiger partial charge is 0.407 e. The van der Waals surface area contributed by atoms with Gasteiger partial charge < -0.3 is 15.3 Å². The highest BCUT2D eigenvalue weighted by atomic mass is 16.4. The van der Waals surface area contributed by atoms with E-state index in [2.05, 4.69) is 16.3 Å². The summed E-state index contributed by atoms with van der Waals surface area (Å²) < 4.78 is 0. The largest absolute Gasteiger partial charge is 0.465 e. The van der Waals surface area contributed by atoms with E-state index < -0.39 is 6.09 Å². The van der Waals surface area contributed by atoms with Crippen molar-refractivity contribution >= 4 is 6.09 Å². The predicted molar refractivity (Wildman–Crippen MR) is 52.4 cm³/mol. The Morgan fingerprint density at radius 3 is 2.27 bits per heavy atom. The molecule has 0 aliphatic carbocycles. The van der Waals surface area contributed by atoms with Crippen molar-refractivity contribution in [3.8, 4) is 6.07 Å². The van der Waals surface area contributed by atoms with Crippen LogP contribution >= 0.6 is 0 Å². The fraction of sp³-hybridized carbons (Fsp3) is 0.778. The highest BCUT2D eigenvalue weighted by molar-refractivity contribution is 5.65. The summed E-state index contributed by atoms with van der Waals surface area (Å²) in [6.07, 6.45) is -0.868. The van der Waals surface area contributed by atoms with Crippen LogP contribution < -0.4 is 5.32 Å². The minimum Gasteiger partial charge on any atom is -0.465 e. The molecule has 2 aliphatic heterocycles.